The van der Waals surface area contributed by atoms with Gasteiger partial charge in [0, 0.05) is 19.9 Å². The van der Waals surface area contributed by atoms with Crippen LogP contribution in [0.3, 0.4) is 0 Å². The number of carboxylic acid groups (broad SMARTS) is 1. The largest absolute Gasteiger partial charge is 0.490 e. The molecule has 8 nitrogen and oxygen atoms in total. The first kappa shape index (κ1) is 25.5. The fraction of sp³-hybridized carbons (Fsp3) is 0.115. The standard InChI is InChI=1S/C26H20Br2N2O6/c1-2-34-22-11-18(13-29-30-25(31)24-10-17-9-19(27)7-8-21(17)36-24)20(28)12-23(22)35-14-15-3-5-16(6-4-15)26(32)33/h3-13H,2,14H2,1H3,(H,30,31)(H,32,33)/b29-13+. The van der Waals surface area contributed by atoms with Crippen LogP contribution in [0.5, 0.6) is 11.5 Å². The molecule has 0 aliphatic heterocycles. The second-order valence-electron chi connectivity index (χ2n) is 7.54. The molecule has 10 heteroatoms. The molecule has 0 bridgehead atoms. The highest BCUT2D eigenvalue weighted by Crippen LogP contribution is 2.34. The number of hydrogen-bond donors (Lipinski definition) is 2. The Balaban J connectivity index is 1.45. The number of hydrogen-bond acceptors (Lipinski definition) is 6. The average molecular weight is 616 g/mol. The number of hydrazone groups is 1. The number of carbonyl (C=O) groups excluding carboxylic acids is 1. The molecule has 2 N–H and O–H groups in total. The van der Waals surface area contributed by atoms with E-state index in [1.807, 2.05) is 19.1 Å². The molecule has 1 heterocycles. The normalized spacial score (nSPS) is 11.1. The van der Waals surface area contributed by atoms with Crippen molar-refractivity contribution in [2.24, 2.45) is 5.10 Å². The summed E-state index contributed by atoms with van der Waals surface area (Å²) in [6.45, 7) is 2.50. The maximum absolute atomic E-state index is 12.5. The van der Waals surface area contributed by atoms with Crippen LogP contribution >= 0.6 is 31.9 Å². The van der Waals surface area contributed by atoms with Gasteiger partial charge in [0.05, 0.1) is 18.4 Å². The van der Waals surface area contributed by atoms with Gasteiger partial charge in [-0.3, -0.25) is 4.79 Å². The summed E-state index contributed by atoms with van der Waals surface area (Å²) in [6.07, 6.45) is 1.48. The lowest BCUT2D eigenvalue weighted by Crippen LogP contribution is -2.16. The predicted molar refractivity (Wildman–Crippen MR) is 142 cm³/mol. The van der Waals surface area contributed by atoms with Gasteiger partial charge in [-0.05, 0) is 76.9 Å². The zero-order chi connectivity index (χ0) is 25.7. The highest BCUT2D eigenvalue weighted by molar-refractivity contribution is 9.10. The molecule has 0 saturated heterocycles. The second-order valence-corrected chi connectivity index (χ2v) is 9.31. The van der Waals surface area contributed by atoms with Crippen molar-refractivity contribution in [3.63, 3.8) is 0 Å². The molecule has 184 valence electrons. The van der Waals surface area contributed by atoms with Crippen LogP contribution in [0.1, 0.15) is 39.0 Å². The molecule has 0 fully saturated rings. The third-order valence-electron chi connectivity index (χ3n) is 5.03. The van der Waals surface area contributed by atoms with Crippen molar-refractivity contribution in [2.45, 2.75) is 13.5 Å². The van der Waals surface area contributed by atoms with E-state index in [-0.39, 0.29) is 17.9 Å². The molecule has 1 amide bonds. The highest BCUT2D eigenvalue weighted by Gasteiger charge is 2.13. The van der Waals surface area contributed by atoms with Crippen molar-refractivity contribution in [3.8, 4) is 11.5 Å². The SMILES string of the molecule is CCOc1cc(/C=N/NC(=O)c2cc3cc(Br)ccc3o2)c(Br)cc1OCc1ccc(C(=O)O)cc1. The molecule has 0 saturated carbocycles. The number of benzene rings is 3. The lowest BCUT2D eigenvalue weighted by Gasteiger charge is -2.14. The van der Waals surface area contributed by atoms with Crippen LogP contribution in [-0.4, -0.2) is 29.8 Å². The Morgan fingerprint density at radius 2 is 1.78 bits per heavy atom. The third kappa shape index (κ3) is 6.13. The van der Waals surface area contributed by atoms with Gasteiger partial charge >= 0.3 is 11.9 Å². The maximum atomic E-state index is 12.5. The predicted octanol–water partition coefficient (Wildman–Crippen LogP) is 6.40. The van der Waals surface area contributed by atoms with E-state index in [1.165, 1.54) is 18.3 Å². The summed E-state index contributed by atoms with van der Waals surface area (Å²) in [5, 5.41) is 13.9. The van der Waals surface area contributed by atoms with Crippen LogP contribution in [0.2, 0.25) is 0 Å². The number of furan rings is 1. The summed E-state index contributed by atoms with van der Waals surface area (Å²) in [4.78, 5) is 23.5. The number of carbonyl (C=O) groups is 2. The number of carboxylic acids is 1. The van der Waals surface area contributed by atoms with Crippen LogP contribution in [-0.2, 0) is 6.61 Å². The van der Waals surface area contributed by atoms with Gasteiger partial charge in [-0.2, -0.15) is 5.10 Å². The highest BCUT2D eigenvalue weighted by atomic mass is 79.9. The van der Waals surface area contributed by atoms with Gasteiger partial charge in [-0.1, -0.05) is 28.1 Å². The van der Waals surface area contributed by atoms with Gasteiger partial charge in [0.2, 0.25) is 0 Å². The first-order valence-corrected chi connectivity index (χ1v) is 12.4. The van der Waals surface area contributed by atoms with Gasteiger partial charge in [0.1, 0.15) is 12.2 Å². The van der Waals surface area contributed by atoms with Crippen LogP contribution in [0.25, 0.3) is 11.0 Å². The minimum atomic E-state index is -0.982. The molecular formula is C26H20Br2N2O6. The van der Waals surface area contributed by atoms with Crippen molar-refractivity contribution in [1.82, 2.24) is 5.43 Å². The lowest BCUT2D eigenvalue weighted by molar-refractivity contribution is 0.0696. The first-order chi connectivity index (χ1) is 17.3. The number of nitrogens with one attached hydrogen (secondary N) is 1. The Morgan fingerprint density at radius 1 is 1.03 bits per heavy atom. The number of rotatable bonds is 9. The number of aromatic carboxylic acids is 1. The number of ether oxygens (including phenoxy) is 2. The van der Waals surface area contributed by atoms with Crippen molar-refractivity contribution in [2.75, 3.05) is 6.61 Å². The molecule has 0 aliphatic carbocycles. The van der Waals surface area contributed by atoms with Gasteiger partial charge in [-0.15, -0.1) is 0 Å². The number of halogens is 2. The molecule has 0 aliphatic rings. The molecule has 36 heavy (non-hydrogen) atoms. The molecule has 4 rings (SSSR count). The van der Waals surface area contributed by atoms with Crippen LogP contribution in [0.15, 0.2) is 79.1 Å². The van der Waals surface area contributed by atoms with Gasteiger partial charge in [0.15, 0.2) is 17.3 Å². The summed E-state index contributed by atoms with van der Waals surface area (Å²) in [6, 6.07) is 17.1. The van der Waals surface area contributed by atoms with Crippen molar-refractivity contribution < 1.29 is 28.6 Å². The van der Waals surface area contributed by atoms with Crippen LogP contribution in [0, 0.1) is 0 Å². The summed E-state index contributed by atoms with van der Waals surface area (Å²) < 4.78 is 18.8. The van der Waals surface area contributed by atoms with Gasteiger partial charge < -0.3 is 19.0 Å². The fourth-order valence-electron chi connectivity index (χ4n) is 3.28. The van der Waals surface area contributed by atoms with Crippen molar-refractivity contribution in [3.05, 3.63) is 92.1 Å². The van der Waals surface area contributed by atoms with E-state index < -0.39 is 11.9 Å². The lowest BCUT2D eigenvalue weighted by atomic mass is 10.1. The third-order valence-corrected chi connectivity index (χ3v) is 6.21. The summed E-state index contributed by atoms with van der Waals surface area (Å²) in [5.74, 6) is -0.313. The molecule has 4 aromatic rings. The van der Waals surface area contributed by atoms with Crippen molar-refractivity contribution in [1.29, 1.82) is 0 Å². The molecular weight excluding hydrogens is 596 g/mol. The molecule has 0 atom stereocenters. The van der Waals surface area contributed by atoms with E-state index in [9.17, 15) is 9.59 Å². The van der Waals surface area contributed by atoms with Crippen LogP contribution < -0.4 is 14.9 Å². The van der Waals surface area contributed by atoms with E-state index in [0.29, 0.717) is 33.7 Å². The zero-order valence-corrected chi connectivity index (χ0v) is 22.1. The summed E-state index contributed by atoms with van der Waals surface area (Å²) in [5.41, 5.74) is 4.74. The molecule has 3 aromatic carbocycles. The Hall–Kier alpha value is -3.63. The Morgan fingerprint density at radius 3 is 2.50 bits per heavy atom. The smallest absolute Gasteiger partial charge is 0.335 e. The number of fused-ring (bicyclic) bond motifs is 1. The molecule has 0 unspecified atom stereocenters. The fourth-order valence-corrected chi connectivity index (χ4v) is 4.08. The molecule has 0 spiro atoms. The number of nitrogens with zero attached hydrogens (tertiary/aromatic N) is 1. The zero-order valence-electron chi connectivity index (χ0n) is 19.0. The quantitative estimate of drug-likeness (QED) is 0.167. The first-order valence-electron chi connectivity index (χ1n) is 10.8. The molecule has 0 radical (unpaired) electrons. The minimum absolute atomic E-state index is 0.148. The minimum Gasteiger partial charge on any atom is -0.490 e. The van der Waals surface area contributed by atoms with E-state index in [4.69, 9.17) is 19.0 Å². The topological polar surface area (TPSA) is 110 Å². The maximum Gasteiger partial charge on any atom is 0.335 e. The van der Waals surface area contributed by atoms with Crippen molar-refractivity contribution >= 4 is 60.9 Å². The molecule has 1 aromatic heterocycles. The number of amides is 1. The van der Waals surface area contributed by atoms with Gasteiger partial charge in [-0.25, -0.2) is 10.2 Å². The van der Waals surface area contributed by atoms with Gasteiger partial charge in [0.25, 0.3) is 0 Å². The Labute approximate surface area is 223 Å². The summed E-state index contributed by atoms with van der Waals surface area (Å²) in [7, 11) is 0. The van der Waals surface area contributed by atoms with E-state index in [1.54, 1.807) is 36.4 Å². The monoisotopic (exact) mass is 614 g/mol. The average Bonchev–Trinajstić information content (AvgIpc) is 3.28. The second kappa shape index (κ2) is 11.4. The Kier molecular flexibility index (Phi) is 8.07. The summed E-state index contributed by atoms with van der Waals surface area (Å²) >= 11 is 6.89. The van der Waals surface area contributed by atoms with E-state index >= 15 is 0 Å². The van der Waals surface area contributed by atoms with E-state index in [0.717, 1.165) is 15.4 Å². The Bertz CT molecular complexity index is 1450. The van der Waals surface area contributed by atoms with Crippen LogP contribution in [0.4, 0.5) is 0 Å². The van der Waals surface area contributed by atoms with E-state index in [2.05, 4.69) is 42.4 Å².